The van der Waals surface area contributed by atoms with E-state index in [1.807, 2.05) is 13.0 Å². The van der Waals surface area contributed by atoms with Gasteiger partial charge in [-0.05, 0) is 24.0 Å². The smallest absolute Gasteiger partial charge is 0.0988 e. The third-order valence-electron chi connectivity index (χ3n) is 1.68. The highest BCUT2D eigenvalue weighted by Gasteiger charge is 2.08. The van der Waals surface area contributed by atoms with Gasteiger partial charge in [-0.3, -0.25) is 0 Å². The highest BCUT2D eigenvalue weighted by atomic mass is 14.3. The van der Waals surface area contributed by atoms with E-state index in [1.165, 1.54) is 6.21 Å². The van der Waals surface area contributed by atoms with Gasteiger partial charge in [0.2, 0.25) is 0 Å². The lowest BCUT2D eigenvalue weighted by Crippen LogP contribution is -2.00. The number of rotatable bonds is 1. The summed E-state index contributed by atoms with van der Waals surface area (Å²) in [7, 11) is 0. The monoisotopic (exact) mass is 146 g/mol. The molecule has 0 heterocycles. The molecule has 0 saturated heterocycles. The molecule has 0 radical (unpaired) electrons. The Labute approximate surface area is 66.4 Å². The summed E-state index contributed by atoms with van der Waals surface area (Å²) < 4.78 is 0. The molecule has 56 valence electrons. The molecule has 0 spiro atoms. The third-order valence-corrected chi connectivity index (χ3v) is 1.68. The first-order valence-electron chi connectivity index (χ1n) is 3.59. The molecule has 0 fully saturated rings. The van der Waals surface area contributed by atoms with Crippen molar-refractivity contribution in [2.75, 3.05) is 0 Å². The van der Waals surface area contributed by atoms with Crippen molar-refractivity contribution in [2.45, 2.75) is 13.3 Å². The lowest BCUT2D eigenvalue weighted by Gasteiger charge is -2.11. The van der Waals surface area contributed by atoms with Crippen molar-refractivity contribution in [3.63, 3.8) is 0 Å². The van der Waals surface area contributed by atoms with Gasteiger partial charge in [-0.25, -0.2) is 0 Å². The van der Waals surface area contributed by atoms with Gasteiger partial charge in [0, 0.05) is 11.8 Å². The van der Waals surface area contributed by atoms with Crippen LogP contribution in [0.4, 0.5) is 0 Å². The number of hydrogen-bond acceptors (Lipinski definition) is 2. The summed E-state index contributed by atoms with van der Waals surface area (Å²) in [5.41, 5.74) is 1.62. The maximum Gasteiger partial charge on any atom is 0.0988 e. The van der Waals surface area contributed by atoms with Gasteiger partial charge in [-0.2, -0.15) is 5.26 Å². The van der Waals surface area contributed by atoms with E-state index in [2.05, 4.69) is 6.07 Å². The molecule has 0 amide bonds. The third kappa shape index (κ3) is 1.78. The molecule has 1 unspecified atom stereocenters. The standard InChI is InChI=1S/C9H10N2/c1-7-2-8(5-10)4-9(3-7)6-11/h2,4,6-7,11H,3H2,1H3. The van der Waals surface area contributed by atoms with E-state index in [1.54, 1.807) is 6.08 Å². The number of nitriles is 1. The van der Waals surface area contributed by atoms with Crippen LogP contribution in [-0.4, -0.2) is 6.21 Å². The molecule has 0 aromatic carbocycles. The second kappa shape index (κ2) is 3.16. The fraction of sp³-hybridized carbons (Fsp3) is 0.333. The van der Waals surface area contributed by atoms with Crippen LogP contribution in [0.2, 0.25) is 0 Å². The van der Waals surface area contributed by atoms with Crippen molar-refractivity contribution in [3.8, 4) is 6.07 Å². The summed E-state index contributed by atoms with van der Waals surface area (Å²) in [5, 5.41) is 15.6. The van der Waals surface area contributed by atoms with Crippen LogP contribution in [0.15, 0.2) is 23.3 Å². The van der Waals surface area contributed by atoms with Gasteiger partial charge in [0.25, 0.3) is 0 Å². The molecule has 0 bridgehead atoms. The Morgan fingerprint density at radius 1 is 1.82 bits per heavy atom. The van der Waals surface area contributed by atoms with Crippen LogP contribution in [0.1, 0.15) is 13.3 Å². The van der Waals surface area contributed by atoms with E-state index < -0.39 is 0 Å². The maximum atomic E-state index is 8.58. The predicted molar refractivity (Wildman–Crippen MR) is 44.3 cm³/mol. The van der Waals surface area contributed by atoms with Gasteiger partial charge < -0.3 is 5.41 Å². The number of hydrogen-bond donors (Lipinski definition) is 1. The minimum absolute atomic E-state index is 0.395. The minimum Gasteiger partial charge on any atom is -0.308 e. The molecule has 2 nitrogen and oxygen atoms in total. The van der Waals surface area contributed by atoms with Crippen LogP contribution in [0.25, 0.3) is 0 Å². The Bertz CT molecular complexity index is 266. The Morgan fingerprint density at radius 3 is 3.09 bits per heavy atom. The summed E-state index contributed by atoms with van der Waals surface area (Å²) in [4.78, 5) is 0. The molecule has 2 heteroatoms. The fourth-order valence-electron chi connectivity index (χ4n) is 1.21. The predicted octanol–water partition coefficient (Wildman–Crippen LogP) is 2.05. The van der Waals surface area contributed by atoms with Gasteiger partial charge in [0.1, 0.15) is 0 Å². The molecular weight excluding hydrogens is 136 g/mol. The molecule has 1 N–H and O–H groups in total. The zero-order valence-electron chi connectivity index (χ0n) is 6.46. The van der Waals surface area contributed by atoms with Gasteiger partial charge in [-0.1, -0.05) is 13.0 Å². The van der Waals surface area contributed by atoms with Gasteiger partial charge in [-0.15, -0.1) is 0 Å². The van der Waals surface area contributed by atoms with Crippen molar-refractivity contribution in [1.82, 2.24) is 0 Å². The zero-order valence-corrected chi connectivity index (χ0v) is 6.46. The second-order valence-electron chi connectivity index (χ2n) is 2.78. The Morgan fingerprint density at radius 2 is 2.55 bits per heavy atom. The molecule has 0 aromatic heterocycles. The molecule has 1 aliphatic rings. The van der Waals surface area contributed by atoms with Crippen LogP contribution in [0.3, 0.4) is 0 Å². The average molecular weight is 146 g/mol. The molecule has 0 saturated carbocycles. The van der Waals surface area contributed by atoms with E-state index in [9.17, 15) is 0 Å². The molecular formula is C9H10N2. The Kier molecular flexibility index (Phi) is 2.22. The maximum absolute atomic E-state index is 8.58. The van der Waals surface area contributed by atoms with E-state index in [4.69, 9.17) is 10.7 Å². The summed E-state index contributed by atoms with van der Waals surface area (Å²) in [5.74, 6) is 0.395. The lowest BCUT2D eigenvalue weighted by atomic mass is 9.93. The van der Waals surface area contributed by atoms with Crippen LogP contribution in [-0.2, 0) is 0 Å². The van der Waals surface area contributed by atoms with Crippen molar-refractivity contribution < 1.29 is 0 Å². The topological polar surface area (TPSA) is 47.6 Å². The van der Waals surface area contributed by atoms with Crippen molar-refractivity contribution in [3.05, 3.63) is 23.3 Å². The number of nitrogens with one attached hydrogen (secondary N) is 1. The summed E-state index contributed by atoms with van der Waals surface area (Å²) in [6, 6.07) is 2.08. The van der Waals surface area contributed by atoms with Crippen LogP contribution < -0.4 is 0 Å². The first-order chi connectivity index (χ1) is 5.26. The quantitative estimate of drug-likeness (QED) is 0.565. The van der Waals surface area contributed by atoms with Gasteiger partial charge in [0.05, 0.1) is 6.07 Å². The van der Waals surface area contributed by atoms with E-state index in [0.29, 0.717) is 11.5 Å². The zero-order chi connectivity index (χ0) is 8.27. The van der Waals surface area contributed by atoms with Crippen molar-refractivity contribution in [2.24, 2.45) is 5.92 Å². The first kappa shape index (κ1) is 7.74. The minimum atomic E-state index is 0.395. The highest BCUT2D eigenvalue weighted by Crippen LogP contribution is 2.20. The summed E-state index contributed by atoms with van der Waals surface area (Å²) in [6.07, 6.45) is 5.91. The second-order valence-corrected chi connectivity index (χ2v) is 2.78. The van der Waals surface area contributed by atoms with Crippen molar-refractivity contribution >= 4 is 6.21 Å². The number of nitrogens with zero attached hydrogens (tertiary/aromatic N) is 1. The molecule has 1 rings (SSSR count). The van der Waals surface area contributed by atoms with Crippen LogP contribution in [0, 0.1) is 22.7 Å². The Hall–Kier alpha value is -1.36. The van der Waals surface area contributed by atoms with Gasteiger partial charge >= 0.3 is 0 Å². The Balaban J connectivity index is 2.90. The molecule has 1 atom stereocenters. The average Bonchev–Trinajstić information content (AvgIpc) is 2.03. The van der Waals surface area contributed by atoms with E-state index in [-0.39, 0.29) is 0 Å². The molecule has 1 aliphatic carbocycles. The van der Waals surface area contributed by atoms with Gasteiger partial charge in [0.15, 0.2) is 0 Å². The summed E-state index contributed by atoms with van der Waals surface area (Å²) >= 11 is 0. The normalized spacial score (nSPS) is 23.1. The number of allylic oxidation sites excluding steroid dienone is 4. The van der Waals surface area contributed by atoms with E-state index >= 15 is 0 Å². The SMILES string of the molecule is CC1C=C(C#N)C=C(C=N)C1. The first-order valence-corrected chi connectivity index (χ1v) is 3.59. The fourth-order valence-corrected chi connectivity index (χ4v) is 1.21. The van der Waals surface area contributed by atoms with Crippen molar-refractivity contribution in [1.29, 1.82) is 10.7 Å². The summed E-state index contributed by atoms with van der Waals surface area (Å²) in [6.45, 7) is 2.05. The molecule has 0 aromatic rings. The molecule has 0 aliphatic heterocycles. The van der Waals surface area contributed by atoms with Crippen LogP contribution >= 0.6 is 0 Å². The van der Waals surface area contributed by atoms with Crippen LogP contribution in [0.5, 0.6) is 0 Å². The van der Waals surface area contributed by atoms with E-state index in [0.717, 1.165) is 12.0 Å². The molecule has 11 heavy (non-hydrogen) atoms. The highest BCUT2D eigenvalue weighted by molar-refractivity contribution is 5.77. The lowest BCUT2D eigenvalue weighted by molar-refractivity contribution is 0.720. The largest absolute Gasteiger partial charge is 0.308 e.